The molecule has 0 saturated carbocycles. The van der Waals surface area contributed by atoms with Gasteiger partial charge in [0.2, 0.25) is 0 Å². The summed E-state index contributed by atoms with van der Waals surface area (Å²) >= 11 is 0. The van der Waals surface area contributed by atoms with Crippen LogP contribution in [-0.4, -0.2) is 43.5 Å². The number of piperazine rings is 1. The Morgan fingerprint density at radius 3 is 3.04 bits per heavy atom. The average molecular weight is 310 g/mol. The van der Waals surface area contributed by atoms with E-state index >= 15 is 0 Å². The summed E-state index contributed by atoms with van der Waals surface area (Å²) in [6, 6.07) is 4.48. The third-order valence-electron chi connectivity index (χ3n) is 4.68. The summed E-state index contributed by atoms with van der Waals surface area (Å²) in [5.74, 6) is 1.11. The van der Waals surface area contributed by atoms with Crippen LogP contribution in [0.3, 0.4) is 0 Å². The zero-order valence-corrected chi connectivity index (χ0v) is 13.6. The highest BCUT2D eigenvalue weighted by atomic mass is 15.3. The smallest absolute Gasteiger partial charge is 0.139 e. The largest absolute Gasteiger partial charge is 0.337 e. The molecule has 1 N–H and O–H groups in total. The summed E-state index contributed by atoms with van der Waals surface area (Å²) in [5.41, 5.74) is 3.48. The molecule has 1 saturated heterocycles. The second-order valence-electron chi connectivity index (χ2n) is 6.22. The van der Waals surface area contributed by atoms with Gasteiger partial charge in [-0.1, -0.05) is 6.07 Å². The number of fused-ring (bicyclic) bond motifs is 1. The van der Waals surface area contributed by atoms with Crippen LogP contribution >= 0.6 is 0 Å². The van der Waals surface area contributed by atoms with Crippen LogP contribution in [0, 0.1) is 6.92 Å². The van der Waals surface area contributed by atoms with E-state index in [1.165, 1.54) is 11.3 Å². The van der Waals surface area contributed by atoms with Crippen molar-refractivity contribution in [1.29, 1.82) is 0 Å². The summed E-state index contributed by atoms with van der Waals surface area (Å²) in [7, 11) is 2.06. The molecule has 1 atom stereocenters. The summed E-state index contributed by atoms with van der Waals surface area (Å²) in [5, 5.41) is 3.49. The van der Waals surface area contributed by atoms with Gasteiger partial charge in [0.15, 0.2) is 0 Å². The second kappa shape index (κ2) is 5.79. The average Bonchev–Trinajstić information content (AvgIpc) is 3.16. The lowest BCUT2D eigenvalue weighted by atomic mass is 10.1. The fraction of sp³-hybridized carbons (Fsp3) is 0.412. The second-order valence-corrected chi connectivity index (χ2v) is 6.22. The van der Waals surface area contributed by atoms with Crippen LogP contribution in [0.5, 0.6) is 0 Å². The number of aromatic nitrogens is 4. The number of nitrogens with zero attached hydrogens (tertiary/aromatic N) is 5. The van der Waals surface area contributed by atoms with E-state index < -0.39 is 0 Å². The zero-order valence-electron chi connectivity index (χ0n) is 13.6. The molecule has 3 aromatic heterocycles. The molecule has 1 fully saturated rings. The van der Waals surface area contributed by atoms with Gasteiger partial charge in [-0.2, -0.15) is 0 Å². The third-order valence-corrected chi connectivity index (χ3v) is 4.68. The zero-order chi connectivity index (χ0) is 15.8. The van der Waals surface area contributed by atoms with E-state index in [0.29, 0.717) is 6.04 Å². The Bertz CT molecular complexity index is 817. The van der Waals surface area contributed by atoms with E-state index in [0.717, 1.165) is 37.7 Å². The summed E-state index contributed by atoms with van der Waals surface area (Å²) in [4.78, 5) is 11.6. The Hall–Kier alpha value is -2.18. The Labute approximate surface area is 135 Å². The first-order valence-corrected chi connectivity index (χ1v) is 8.07. The molecule has 0 aliphatic carbocycles. The molecular weight excluding hydrogens is 288 g/mol. The van der Waals surface area contributed by atoms with Gasteiger partial charge in [0, 0.05) is 51.8 Å². The maximum atomic E-state index is 4.59. The van der Waals surface area contributed by atoms with Gasteiger partial charge in [-0.3, -0.25) is 4.90 Å². The minimum Gasteiger partial charge on any atom is -0.337 e. The minimum absolute atomic E-state index is 0.291. The van der Waals surface area contributed by atoms with Crippen molar-refractivity contribution < 1.29 is 0 Å². The Morgan fingerprint density at radius 1 is 1.30 bits per heavy atom. The number of nitrogens with one attached hydrogen (secondary N) is 1. The number of aryl methyl sites for hydroxylation is 2. The fourth-order valence-electron chi connectivity index (χ4n) is 3.42. The lowest BCUT2D eigenvalue weighted by Crippen LogP contribution is -2.46. The van der Waals surface area contributed by atoms with Crippen LogP contribution in [0.1, 0.15) is 23.1 Å². The van der Waals surface area contributed by atoms with Crippen molar-refractivity contribution in [3.8, 4) is 0 Å². The van der Waals surface area contributed by atoms with Crippen molar-refractivity contribution in [2.45, 2.75) is 19.5 Å². The van der Waals surface area contributed by atoms with Crippen LogP contribution in [0.25, 0.3) is 5.65 Å². The first-order valence-electron chi connectivity index (χ1n) is 8.07. The molecule has 1 unspecified atom stereocenters. The topological polar surface area (TPSA) is 50.4 Å². The minimum atomic E-state index is 0.291. The molecule has 3 aromatic rings. The quantitative estimate of drug-likeness (QED) is 0.797. The van der Waals surface area contributed by atoms with Gasteiger partial charge in [0.25, 0.3) is 0 Å². The highest BCUT2D eigenvalue weighted by Crippen LogP contribution is 2.23. The first kappa shape index (κ1) is 14.4. The lowest BCUT2D eigenvalue weighted by molar-refractivity contribution is 0.142. The molecule has 6 nitrogen and oxygen atoms in total. The predicted molar refractivity (Wildman–Crippen MR) is 89.2 cm³/mol. The van der Waals surface area contributed by atoms with Crippen LogP contribution in [0.4, 0.5) is 0 Å². The molecule has 23 heavy (non-hydrogen) atoms. The monoisotopic (exact) mass is 310 g/mol. The molecule has 0 bridgehead atoms. The molecule has 0 aromatic carbocycles. The fourth-order valence-corrected chi connectivity index (χ4v) is 3.42. The molecule has 4 rings (SSSR count). The van der Waals surface area contributed by atoms with E-state index in [-0.39, 0.29) is 0 Å². The first-order chi connectivity index (χ1) is 11.2. The van der Waals surface area contributed by atoms with Crippen LogP contribution < -0.4 is 5.32 Å². The van der Waals surface area contributed by atoms with Crippen molar-refractivity contribution in [2.75, 3.05) is 19.6 Å². The number of rotatable bonds is 3. The van der Waals surface area contributed by atoms with Crippen molar-refractivity contribution in [2.24, 2.45) is 7.05 Å². The van der Waals surface area contributed by atoms with Gasteiger partial charge >= 0.3 is 0 Å². The number of hydrogen-bond acceptors (Lipinski definition) is 4. The summed E-state index contributed by atoms with van der Waals surface area (Å²) in [6.07, 6.45) is 7.99. The van der Waals surface area contributed by atoms with E-state index in [1.54, 1.807) is 0 Å². The normalized spacial score (nSPS) is 19.5. The molecule has 0 amide bonds. The molecule has 6 heteroatoms. The Kier molecular flexibility index (Phi) is 3.63. The highest BCUT2D eigenvalue weighted by molar-refractivity contribution is 5.48. The standard InChI is InChI=1S/C17H22N6/c1-13-4-3-7-23-14(10-20-16(13)23)12-22-9-5-18-11-15(22)17-19-6-8-21(17)2/h3-4,6-8,10,15,18H,5,9,11-12H2,1-2H3. The lowest BCUT2D eigenvalue weighted by Gasteiger charge is -2.35. The molecule has 1 aliphatic rings. The van der Waals surface area contributed by atoms with Gasteiger partial charge in [0.1, 0.15) is 11.5 Å². The molecule has 0 spiro atoms. The van der Waals surface area contributed by atoms with E-state index in [9.17, 15) is 0 Å². The number of hydrogen-bond donors (Lipinski definition) is 1. The Morgan fingerprint density at radius 2 is 2.22 bits per heavy atom. The molecule has 120 valence electrons. The van der Waals surface area contributed by atoms with E-state index in [1.807, 2.05) is 18.6 Å². The van der Waals surface area contributed by atoms with Crippen molar-refractivity contribution in [3.05, 3.63) is 54.0 Å². The van der Waals surface area contributed by atoms with Gasteiger partial charge in [-0.25, -0.2) is 9.97 Å². The van der Waals surface area contributed by atoms with Crippen molar-refractivity contribution >= 4 is 5.65 Å². The molecule has 4 heterocycles. The van der Waals surface area contributed by atoms with Gasteiger partial charge < -0.3 is 14.3 Å². The van der Waals surface area contributed by atoms with Gasteiger partial charge in [-0.15, -0.1) is 0 Å². The van der Waals surface area contributed by atoms with Gasteiger partial charge in [-0.05, 0) is 18.6 Å². The molecule has 0 radical (unpaired) electrons. The highest BCUT2D eigenvalue weighted by Gasteiger charge is 2.27. The van der Waals surface area contributed by atoms with Crippen LogP contribution in [0.15, 0.2) is 36.9 Å². The van der Waals surface area contributed by atoms with Crippen LogP contribution in [-0.2, 0) is 13.6 Å². The van der Waals surface area contributed by atoms with Crippen molar-refractivity contribution in [3.63, 3.8) is 0 Å². The predicted octanol–water partition coefficient (Wildman–Crippen LogP) is 1.52. The summed E-state index contributed by atoms with van der Waals surface area (Å²) in [6.45, 7) is 5.94. The third kappa shape index (κ3) is 2.54. The van der Waals surface area contributed by atoms with E-state index in [2.05, 4.69) is 61.5 Å². The molecule has 1 aliphatic heterocycles. The SMILES string of the molecule is Cc1cccn2c(CN3CCNCC3c3nccn3C)cnc12. The number of imidazole rings is 2. The summed E-state index contributed by atoms with van der Waals surface area (Å²) < 4.78 is 4.32. The van der Waals surface area contributed by atoms with E-state index in [4.69, 9.17) is 0 Å². The number of pyridine rings is 1. The van der Waals surface area contributed by atoms with Crippen LogP contribution in [0.2, 0.25) is 0 Å². The molecular formula is C17H22N6. The van der Waals surface area contributed by atoms with Crippen molar-refractivity contribution in [1.82, 2.24) is 29.2 Å². The van der Waals surface area contributed by atoms with Gasteiger partial charge in [0.05, 0.1) is 17.9 Å². The maximum Gasteiger partial charge on any atom is 0.139 e. The Balaban J connectivity index is 1.65. The maximum absolute atomic E-state index is 4.59.